The van der Waals surface area contributed by atoms with Crippen LogP contribution in [0, 0.1) is 17.3 Å². The van der Waals surface area contributed by atoms with Gasteiger partial charge in [0.1, 0.15) is 0 Å². The van der Waals surface area contributed by atoms with Crippen molar-refractivity contribution in [1.29, 1.82) is 0 Å². The Labute approximate surface area is 109 Å². The zero-order valence-corrected chi connectivity index (χ0v) is 12.9. The standard InChI is InChI=1S/C16H33N/c1-13(2)8-7-11-16(6,14-9-10-14)12-17-15(3,4)5/h13-14,17H,7-12H2,1-6H3. The third-order valence-electron chi connectivity index (χ3n) is 4.11. The Balaban J connectivity index is 2.39. The summed E-state index contributed by atoms with van der Waals surface area (Å²) < 4.78 is 0. The third-order valence-corrected chi connectivity index (χ3v) is 4.11. The van der Waals surface area contributed by atoms with E-state index in [-0.39, 0.29) is 5.54 Å². The van der Waals surface area contributed by atoms with E-state index in [0.717, 1.165) is 11.8 Å². The molecule has 1 aliphatic rings. The van der Waals surface area contributed by atoms with E-state index in [9.17, 15) is 0 Å². The van der Waals surface area contributed by atoms with Gasteiger partial charge < -0.3 is 5.32 Å². The zero-order valence-electron chi connectivity index (χ0n) is 12.9. The van der Waals surface area contributed by atoms with Crippen molar-refractivity contribution in [2.75, 3.05) is 6.54 Å². The van der Waals surface area contributed by atoms with E-state index in [1.807, 2.05) is 0 Å². The zero-order chi connectivity index (χ0) is 13.1. The van der Waals surface area contributed by atoms with Gasteiger partial charge in [0.15, 0.2) is 0 Å². The highest BCUT2D eigenvalue weighted by Crippen LogP contribution is 2.48. The lowest BCUT2D eigenvalue weighted by Gasteiger charge is -2.34. The van der Waals surface area contributed by atoms with Crippen molar-refractivity contribution in [2.24, 2.45) is 17.3 Å². The van der Waals surface area contributed by atoms with Gasteiger partial charge in [-0.15, -0.1) is 0 Å². The van der Waals surface area contributed by atoms with E-state index in [2.05, 4.69) is 46.9 Å². The van der Waals surface area contributed by atoms with Crippen molar-refractivity contribution in [3.63, 3.8) is 0 Å². The molecule has 0 aliphatic heterocycles. The molecule has 0 amide bonds. The summed E-state index contributed by atoms with van der Waals surface area (Å²) in [6, 6.07) is 0. The topological polar surface area (TPSA) is 12.0 Å². The predicted octanol–water partition coefficient (Wildman–Crippen LogP) is 4.62. The van der Waals surface area contributed by atoms with Gasteiger partial charge in [-0.2, -0.15) is 0 Å². The SMILES string of the molecule is CC(C)CCCC(C)(CNC(C)(C)C)C1CC1. The van der Waals surface area contributed by atoms with Crippen LogP contribution in [0.2, 0.25) is 0 Å². The summed E-state index contributed by atoms with van der Waals surface area (Å²) >= 11 is 0. The van der Waals surface area contributed by atoms with Crippen LogP contribution in [0.15, 0.2) is 0 Å². The van der Waals surface area contributed by atoms with Crippen LogP contribution in [0.3, 0.4) is 0 Å². The molecular weight excluding hydrogens is 206 g/mol. The molecule has 1 N–H and O–H groups in total. The van der Waals surface area contributed by atoms with E-state index in [1.165, 1.54) is 38.6 Å². The Morgan fingerprint density at radius 3 is 2.12 bits per heavy atom. The fourth-order valence-corrected chi connectivity index (χ4v) is 2.60. The number of hydrogen-bond acceptors (Lipinski definition) is 1. The Morgan fingerprint density at radius 2 is 1.71 bits per heavy atom. The summed E-state index contributed by atoms with van der Waals surface area (Å²) in [5.74, 6) is 1.85. The Hall–Kier alpha value is -0.0400. The largest absolute Gasteiger partial charge is 0.312 e. The second kappa shape index (κ2) is 5.73. The fraction of sp³-hybridized carbons (Fsp3) is 1.00. The van der Waals surface area contributed by atoms with Crippen molar-refractivity contribution in [2.45, 2.75) is 79.2 Å². The average molecular weight is 239 g/mol. The van der Waals surface area contributed by atoms with Gasteiger partial charge in [-0.3, -0.25) is 0 Å². The number of hydrogen-bond donors (Lipinski definition) is 1. The number of nitrogens with one attached hydrogen (secondary N) is 1. The Morgan fingerprint density at radius 1 is 1.12 bits per heavy atom. The second-order valence-corrected chi connectivity index (χ2v) is 7.82. The summed E-state index contributed by atoms with van der Waals surface area (Å²) in [6.07, 6.45) is 7.11. The molecule has 1 saturated carbocycles. The average Bonchev–Trinajstić information content (AvgIpc) is 2.96. The fourth-order valence-electron chi connectivity index (χ4n) is 2.60. The van der Waals surface area contributed by atoms with Gasteiger partial charge in [0.25, 0.3) is 0 Å². The minimum atomic E-state index is 0.258. The molecule has 0 spiro atoms. The molecule has 1 unspecified atom stereocenters. The lowest BCUT2D eigenvalue weighted by molar-refractivity contribution is 0.203. The first-order valence-electron chi connectivity index (χ1n) is 7.48. The Kier molecular flexibility index (Phi) is 5.07. The normalized spacial score (nSPS) is 20.6. The van der Waals surface area contributed by atoms with Crippen molar-refractivity contribution in [3.8, 4) is 0 Å². The summed E-state index contributed by atoms with van der Waals surface area (Å²) in [4.78, 5) is 0. The molecule has 102 valence electrons. The minimum Gasteiger partial charge on any atom is -0.312 e. The molecule has 1 atom stereocenters. The maximum Gasteiger partial charge on any atom is 0.00967 e. The molecule has 1 fully saturated rings. The van der Waals surface area contributed by atoms with Gasteiger partial charge in [0.2, 0.25) is 0 Å². The van der Waals surface area contributed by atoms with Crippen molar-refractivity contribution in [1.82, 2.24) is 5.32 Å². The summed E-state index contributed by atoms with van der Waals surface area (Å²) in [7, 11) is 0. The van der Waals surface area contributed by atoms with Crippen molar-refractivity contribution < 1.29 is 0 Å². The first-order chi connectivity index (χ1) is 7.73. The lowest BCUT2D eigenvalue weighted by atomic mass is 9.78. The van der Waals surface area contributed by atoms with E-state index in [1.54, 1.807) is 0 Å². The van der Waals surface area contributed by atoms with Gasteiger partial charge in [0.05, 0.1) is 0 Å². The van der Waals surface area contributed by atoms with E-state index in [4.69, 9.17) is 0 Å². The van der Waals surface area contributed by atoms with Crippen LogP contribution in [-0.2, 0) is 0 Å². The van der Waals surface area contributed by atoms with Crippen molar-refractivity contribution >= 4 is 0 Å². The summed E-state index contributed by atoms with van der Waals surface area (Å²) in [5.41, 5.74) is 0.802. The molecule has 0 radical (unpaired) electrons. The molecule has 0 aromatic carbocycles. The maximum absolute atomic E-state index is 3.72. The monoisotopic (exact) mass is 239 g/mol. The third kappa shape index (κ3) is 5.90. The maximum atomic E-state index is 3.72. The van der Waals surface area contributed by atoms with Crippen LogP contribution in [0.25, 0.3) is 0 Å². The van der Waals surface area contributed by atoms with Crippen molar-refractivity contribution in [3.05, 3.63) is 0 Å². The number of rotatable bonds is 7. The second-order valence-electron chi connectivity index (χ2n) is 7.82. The molecule has 0 heterocycles. The van der Waals surface area contributed by atoms with E-state index >= 15 is 0 Å². The lowest BCUT2D eigenvalue weighted by Crippen LogP contribution is -2.43. The van der Waals surface area contributed by atoms with Gasteiger partial charge in [-0.05, 0) is 57.3 Å². The van der Waals surface area contributed by atoms with Crippen LogP contribution in [0.1, 0.15) is 73.6 Å². The summed E-state index contributed by atoms with van der Waals surface area (Å²) in [6.45, 7) is 15.2. The molecular formula is C16H33N. The molecule has 1 nitrogen and oxygen atoms in total. The van der Waals surface area contributed by atoms with Crippen LogP contribution >= 0.6 is 0 Å². The predicted molar refractivity (Wildman–Crippen MR) is 77.3 cm³/mol. The highest BCUT2D eigenvalue weighted by Gasteiger charge is 2.41. The van der Waals surface area contributed by atoms with Crippen LogP contribution in [0.5, 0.6) is 0 Å². The molecule has 1 aliphatic carbocycles. The smallest absolute Gasteiger partial charge is 0.00967 e. The van der Waals surface area contributed by atoms with E-state index in [0.29, 0.717) is 5.41 Å². The van der Waals surface area contributed by atoms with Gasteiger partial charge in [-0.25, -0.2) is 0 Å². The highest BCUT2D eigenvalue weighted by atomic mass is 15.0. The van der Waals surface area contributed by atoms with E-state index < -0.39 is 0 Å². The van der Waals surface area contributed by atoms with Crippen LogP contribution in [0.4, 0.5) is 0 Å². The van der Waals surface area contributed by atoms with Gasteiger partial charge >= 0.3 is 0 Å². The Bertz CT molecular complexity index is 222. The molecule has 0 bridgehead atoms. The molecule has 17 heavy (non-hydrogen) atoms. The van der Waals surface area contributed by atoms with Gasteiger partial charge in [0, 0.05) is 12.1 Å². The molecule has 0 aromatic heterocycles. The minimum absolute atomic E-state index is 0.258. The molecule has 0 saturated heterocycles. The molecule has 1 heteroatoms. The quantitative estimate of drug-likeness (QED) is 0.683. The highest BCUT2D eigenvalue weighted by molar-refractivity contribution is 4.93. The van der Waals surface area contributed by atoms with Crippen LogP contribution < -0.4 is 5.32 Å². The van der Waals surface area contributed by atoms with Crippen LogP contribution in [-0.4, -0.2) is 12.1 Å². The van der Waals surface area contributed by atoms with Gasteiger partial charge in [-0.1, -0.05) is 33.6 Å². The first kappa shape index (κ1) is 15.0. The summed E-state index contributed by atoms with van der Waals surface area (Å²) in [5, 5.41) is 3.72. The molecule has 1 rings (SSSR count). The first-order valence-corrected chi connectivity index (χ1v) is 7.48. The molecule has 0 aromatic rings.